The number of hydrogen-bond donors (Lipinski definition) is 1. The molecule has 0 aliphatic carbocycles. The molecule has 0 aromatic heterocycles. The van der Waals surface area contributed by atoms with Crippen LogP contribution in [0.3, 0.4) is 0 Å². The Kier molecular flexibility index (Phi) is 5.16. The summed E-state index contributed by atoms with van der Waals surface area (Å²) in [5.74, 6) is 1.59. The minimum Gasteiger partial charge on any atom is -0.380 e. The highest BCUT2D eigenvalue weighted by Gasteiger charge is 2.17. The maximum atomic E-state index is 3.23. The van der Waals surface area contributed by atoms with E-state index in [1.54, 1.807) is 5.57 Å². The number of nitrogens with one attached hydrogen (secondary N) is 1. The quantitative estimate of drug-likeness (QED) is 0.750. The molecule has 15 heavy (non-hydrogen) atoms. The summed E-state index contributed by atoms with van der Waals surface area (Å²) in [4.78, 5) is 2.33. The fourth-order valence-corrected chi connectivity index (χ4v) is 2.21. The van der Waals surface area contributed by atoms with E-state index in [1.165, 1.54) is 25.8 Å². The van der Waals surface area contributed by atoms with Gasteiger partial charge in [0.2, 0.25) is 0 Å². The van der Waals surface area contributed by atoms with Crippen LogP contribution in [0, 0.1) is 11.8 Å². The molecule has 2 unspecified atom stereocenters. The lowest BCUT2D eigenvalue weighted by atomic mass is 9.87. The van der Waals surface area contributed by atoms with Crippen LogP contribution in [0.15, 0.2) is 11.8 Å². The van der Waals surface area contributed by atoms with Crippen molar-refractivity contribution in [3.8, 4) is 0 Å². The van der Waals surface area contributed by atoms with Crippen molar-refractivity contribution in [3.05, 3.63) is 11.8 Å². The van der Waals surface area contributed by atoms with Crippen molar-refractivity contribution in [2.75, 3.05) is 27.2 Å². The Bertz CT molecular complexity index is 211. The third-order valence-electron chi connectivity index (χ3n) is 3.41. The fourth-order valence-electron chi connectivity index (χ4n) is 2.21. The van der Waals surface area contributed by atoms with Gasteiger partial charge in [-0.1, -0.05) is 19.4 Å². The second-order valence-electron chi connectivity index (χ2n) is 5.08. The standard InChI is InChI=1S/C13H26N2/c1-11(5-7-14-3)9-13-10-15(4)8-6-12(13)2/h10-12,14H,5-9H2,1-4H3. The first kappa shape index (κ1) is 12.6. The lowest BCUT2D eigenvalue weighted by molar-refractivity contribution is 0.354. The van der Waals surface area contributed by atoms with Gasteiger partial charge in [-0.3, -0.25) is 0 Å². The molecule has 88 valence electrons. The molecule has 1 aliphatic heterocycles. The summed E-state index contributed by atoms with van der Waals surface area (Å²) in [5.41, 5.74) is 1.65. The van der Waals surface area contributed by atoms with Gasteiger partial charge in [-0.15, -0.1) is 0 Å². The molecular formula is C13H26N2. The zero-order valence-corrected chi connectivity index (χ0v) is 10.7. The predicted molar refractivity (Wildman–Crippen MR) is 66.8 cm³/mol. The van der Waals surface area contributed by atoms with E-state index in [0.29, 0.717) is 0 Å². The summed E-state index contributed by atoms with van der Waals surface area (Å²) >= 11 is 0. The first-order valence-corrected chi connectivity index (χ1v) is 6.19. The molecular weight excluding hydrogens is 184 g/mol. The highest BCUT2D eigenvalue weighted by molar-refractivity contribution is 5.09. The maximum absolute atomic E-state index is 3.23. The molecule has 0 amide bonds. The number of nitrogens with zero attached hydrogens (tertiary/aromatic N) is 1. The van der Waals surface area contributed by atoms with Crippen molar-refractivity contribution in [2.45, 2.75) is 33.1 Å². The molecule has 0 radical (unpaired) electrons. The highest BCUT2D eigenvalue weighted by atomic mass is 15.1. The first-order chi connectivity index (χ1) is 7.13. The Morgan fingerprint density at radius 1 is 1.60 bits per heavy atom. The van der Waals surface area contributed by atoms with Crippen LogP contribution in [0.5, 0.6) is 0 Å². The third-order valence-corrected chi connectivity index (χ3v) is 3.41. The van der Waals surface area contributed by atoms with Crippen LogP contribution >= 0.6 is 0 Å². The smallest absolute Gasteiger partial charge is 0.0174 e. The summed E-state index contributed by atoms with van der Waals surface area (Å²) in [6, 6.07) is 0. The van der Waals surface area contributed by atoms with Gasteiger partial charge in [0.1, 0.15) is 0 Å². The molecule has 0 fully saturated rings. The van der Waals surface area contributed by atoms with Gasteiger partial charge in [0.15, 0.2) is 0 Å². The van der Waals surface area contributed by atoms with E-state index in [-0.39, 0.29) is 0 Å². The molecule has 0 aromatic rings. The zero-order chi connectivity index (χ0) is 11.3. The molecule has 2 heteroatoms. The monoisotopic (exact) mass is 210 g/mol. The van der Waals surface area contributed by atoms with Crippen LogP contribution in [0.2, 0.25) is 0 Å². The topological polar surface area (TPSA) is 15.3 Å². The Morgan fingerprint density at radius 3 is 3.00 bits per heavy atom. The van der Waals surface area contributed by atoms with Gasteiger partial charge < -0.3 is 10.2 Å². The number of allylic oxidation sites excluding steroid dienone is 1. The molecule has 0 bridgehead atoms. The molecule has 2 nitrogen and oxygen atoms in total. The van der Waals surface area contributed by atoms with Gasteiger partial charge in [0.25, 0.3) is 0 Å². The first-order valence-electron chi connectivity index (χ1n) is 6.19. The molecule has 1 N–H and O–H groups in total. The van der Waals surface area contributed by atoms with Gasteiger partial charge in [0, 0.05) is 13.6 Å². The summed E-state index contributed by atoms with van der Waals surface area (Å²) in [6.45, 7) is 7.08. The summed E-state index contributed by atoms with van der Waals surface area (Å²) in [6.07, 6.45) is 6.24. The van der Waals surface area contributed by atoms with Crippen LogP contribution in [0.4, 0.5) is 0 Å². The van der Waals surface area contributed by atoms with Crippen molar-refractivity contribution >= 4 is 0 Å². The molecule has 0 spiro atoms. The SMILES string of the molecule is CNCCC(C)CC1=CN(C)CCC1C. The molecule has 0 saturated heterocycles. The van der Waals surface area contributed by atoms with E-state index >= 15 is 0 Å². The van der Waals surface area contributed by atoms with Crippen LogP contribution in [0.25, 0.3) is 0 Å². The second kappa shape index (κ2) is 6.16. The van der Waals surface area contributed by atoms with E-state index < -0.39 is 0 Å². The van der Waals surface area contributed by atoms with E-state index in [0.717, 1.165) is 18.4 Å². The second-order valence-corrected chi connectivity index (χ2v) is 5.08. The highest BCUT2D eigenvalue weighted by Crippen LogP contribution is 2.27. The minimum absolute atomic E-state index is 0.790. The van der Waals surface area contributed by atoms with E-state index in [2.05, 4.69) is 37.3 Å². The van der Waals surface area contributed by atoms with E-state index in [9.17, 15) is 0 Å². The third kappa shape index (κ3) is 4.25. The summed E-state index contributed by atoms with van der Waals surface area (Å²) in [7, 11) is 4.22. The lowest BCUT2D eigenvalue weighted by Gasteiger charge is -2.29. The predicted octanol–water partition coefficient (Wildman–Crippen LogP) is 2.48. The molecule has 2 atom stereocenters. The molecule has 1 rings (SSSR count). The summed E-state index contributed by atoms with van der Waals surface area (Å²) < 4.78 is 0. The number of hydrogen-bond acceptors (Lipinski definition) is 2. The van der Waals surface area contributed by atoms with Crippen molar-refractivity contribution in [1.82, 2.24) is 10.2 Å². The fraction of sp³-hybridized carbons (Fsp3) is 0.846. The Balaban J connectivity index is 2.41. The van der Waals surface area contributed by atoms with Crippen molar-refractivity contribution in [2.24, 2.45) is 11.8 Å². The molecule has 0 aromatic carbocycles. The molecule has 1 heterocycles. The zero-order valence-electron chi connectivity index (χ0n) is 10.7. The van der Waals surface area contributed by atoms with Crippen LogP contribution < -0.4 is 5.32 Å². The average molecular weight is 210 g/mol. The Morgan fingerprint density at radius 2 is 2.33 bits per heavy atom. The normalized spacial score (nSPS) is 23.9. The molecule has 0 saturated carbocycles. The van der Waals surface area contributed by atoms with Gasteiger partial charge >= 0.3 is 0 Å². The van der Waals surface area contributed by atoms with Crippen molar-refractivity contribution < 1.29 is 0 Å². The van der Waals surface area contributed by atoms with Gasteiger partial charge in [-0.05, 0) is 50.9 Å². The van der Waals surface area contributed by atoms with Gasteiger partial charge in [0.05, 0.1) is 0 Å². The summed E-state index contributed by atoms with van der Waals surface area (Å²) in [5, 5.41) is 3.23. The Hall–Kier alpha value is -0.500. The van der Waals surface area contributed by atoms with Crippen LogP contribution in [0.1, 0.15) is 33.1 Å². The lowest BCUT2D eigenvalue weighted by Crippen LogP contribution is -2.24. The van der Waals surface area contributed by atoms with E-state index in [4.69, 9.17) is 0 Å². The largest absolute Gasteiger partial charge is 0.380 e. The maximum Gasteiger partial charge on any atom is 0.0174 e. The number of rotatable bonds is 5. The Labute approximate surface area is 94.7 Å². The van der Waals surface area contributed by atoms with Gasteiger partial charge in [-0.25, -0.2) is 0 Å². The van der Waals surface area contributed by atoms with Crippen LogP contribution in [-0.2, 0) is 0 Å². The minimum atomic E-state index is 0.790. The van der Waals surface area contributed by atoms with Crippen LogP contribution in [-0.4, -0.2) is 32.1 Å². The van der Waals surface area contributed by atoms with Crippen molar-refractivity contribution in [1.29, 1.82) is 0 Å². The van der Waals surface area contributed by atoms with Crippen molar-refractivity contribution in [3.63, 3.8) is 0 Å². The molecule has 1 aliphatic rings. The van der Waals surface area contributed by atoms with Gasteiger partial charge in [-0.2, -0.15) is 0 Å². The van der Waals surface area contributed by atoms with E-state index in [1.807, 2.05) is 7.05 Å². The average Bonchev–Trinajstić information content (AvgIpc) is 2.20.